The molecule has 0 amide bonds. The molecule has 15 heavy (non-hydrogen) atoms. The quantitative estimate of drug-likeness (QED) is 0.617. The molecule has 0 aliphatic carbocycles. The number of hydrogen-bond acceptors (Lipinski definition) is 3. The Balaban J connectivity index is 3.20. The van der Waals surface area contributed by atoms with Crippen molar-refractivity contribution in [2.45, 2.75) is 6.92 Å². The molecule has 0 N–H and O–H groups in total. The summed E-state index contributed by atoms with van der Waals surface area (Å²) in [7, 11) is 0. The van der Waals surface area contributed by atoms with Crippen LogP contribution in [-0.2, 0) is 4.74 Å². The monoisotopic (exact) mass is 335 g/mol. The normalized spacial score (nSPS) is 9.47. The zero-order chi connectivity index (χ0) is 11.4. The van der Waals surface area contributed by atoms with Gasteiger partial charge in [0.1, 0.15) is 6.07 Å². The zero-order valence-electron chi connectivity index (χ0n) is 7.88. The summed E-state index contributed by atoms with van der Waals surface area (Å²) in [6.07, 6.45) is 0. The lowest BCUT2D eigenvalue weighted by Gasteiger charge is -2.05. The molecule has 0 bridgehead atoms. The second kappa shape index (κ2) is 5.33. The van der Waals surface area contributed by atoms with Crippen molar-refractivity contribution in [1.82, 2.24) is 0 Å². The minimum absolute atomic E-state index is 0.278. The molecule has 0 radical (unpaired) electrons. The zero-order valence-corrected chi connectivity index (χ0v) is 10.8. The fraction of sp³-hybridized carbons (Fsp3) is 0.200. The van der Waals surface area contributed by atoms with Gasteiger partial charge in [0.15, 0.2) is 0 Å². The van der Waals surface area contributed by atoms with E-state index < -0.39 is 5.97 Å². The van der Waals surface area contributed by atoms with Gasteiger partial charge in [-0.05, 0) is 41.6 Å². The largest absolute Gasteiger partial charge is 0.462 e. The highest BCUT2D eigenvalue weighted by atomic mass is 127. The fourth-order valence-electron chi connectivity index (χ4n) is 1.000. The van der Waals surface area contributed by atoms with Crippen LogP contribution in [0.4, 0.5) is 0 Å². The van der Waals surface area contributed by atoms with Crippen molar-refractivity contribution >= 4 is 40.2 Å². The molecular formula is C10H7ClINO2. The first-order valence-corrected chi connectivity index (χ1v) is 5.62. The maximum Gasteiger partial charge on any atom is 0.339 e. The van der Waals surface area contributed by atoms with E-state index in [4.69, 9.17) is 21.6 Å². The number of nitriles is 1. The summed E-state index contributed by atoms with van der Waals surface area (Å²) in [5.74, 6) is -0.435. The van der Waals surface area contributed by atoms with Crippen molar-refractivity contribution < 1.29 is 9.53 Å². The minimum Gasteiger partial charge on any atom is -0.462 e. The summed E-state index contributed by atoms with van der Waals surface area (Å²) >= 11 is 7.78. The van der Waals surface area contributed by atoms with Gasteiger partial charge >= 0.3 is 5.97 Å². The number of hydrogen-bond donors (Lipinski definition) is 0. The van der Waals surface area contributed by atoms with Gasteiger partial charge in [0.2, 0.25) is 0 Å². The lowest BCUT2D eigenvalue weighted by atomic mass is 10.1. The Morgan fingerprint density at radius 2 is 2.33 bits per heavy atom. The fourth-order valence-corrected chi connectivity index (χ4v) is 2.08. The highest BCUT2D eigenvalue weighted by molar-refractivity contribution is 14.1. The molecule has 0 heterocycles. The second-order valence-electron chi connectivity index (χ2n) is 2.64. The third-order valence-electron chi connectivity index (χ3n) is 1.67. The van der Waals surface area contributed by atoms with Gasteiger partial charge in [-0.25, -0.2) is 4.79 Å². The van der Waals surface area contributed by atoms with Crippen LogP contribution in [0.2, 0.25) is 5.02 Å². The number of esters is 1. The number of halogens is 2. The van der Waals surface area contributed by atoms with Gasteiger partial charge in [0.05, 0.1) is 22.8 Å². The lowest BCUT2D eigenvalue weighted by Crippen LogP contribution is -2.07. The van der Waals surface area contributed by atoms with E-state index in [-0.39, 0.29) is 5.56 Å². The summed E-state index contributed by atoms with van der Waals surface area (Å²) in [4.78, 5) is 11.5. The molecule has 1 aromatic rings. The molecule has 0 saturated carbocycles. The average Bonchev–Trinajstić information content (AvgIpc) is 2.18. The van der Waals surface area contributed by atoms with Crippen LogP contribution in [-0.4, -0.2) is 12.6 Å². The van der Waals surface area contributed by atoms with E-state index in [0.717, 1.165) is 0 Å². The SMILES string of the molecule is CCOC(=O)c1cc(C#N)c(Cl)cc1I. The Labute approximate surface area is 106 Å². The molecule has 3 nitrogen and oxygen atoms in total. The molecule has 0 aromatic heterocycles. The smallest absolute Gasteiger partial charge is 0.339 e. The summed E-state index contributed by atoms with van der Waals surface area (Å²) in [6, 6.07) is 4.94. The molecule has 0 atom stereocenters. The summed E-state index contributed by atoms with van der Waals surface area (Å²) < 4.78 is 5.53. The molecule has 78 valence electrons. The van der Waals surface area contributed by atoms with Gasteiger partial charge in [0.25, 0.3) is 0 Å². The van der Waals surface area contributed by atoms with Crippen LogP contribution in [0.3, 0.4) is 0 Å². The van der Waals surface area contributed by atoms with Crippen LogP contribution >= 0.6 is 34.2 Å². The summed E-state index contributed by atoms with van der Waals surface area (Å²) in [5, 5.41) is 9.10. The molecule has 1 aromatic carbocycles. The summed E-state index contributed by atoms with van der Waals surface area (Å²) in [5.41, 5.74) is 0.651. The van der Waals surface area contributed by atoms with Crippen molar-refractivity contribution in [3.63, 3.8) is 0 Å². The predicted octanol–water partition coefficient (Wildman–Crippen LogP) is 2.99. The number of carbonyl (C=O) groups is 1. The van der Waals surface area contributed by atoms with E-state index >= 15 is 0 Å². The van der Waals surface area contributed by atoms with Gasteiger partial charge < -0.3 is 4.74 Å². The topological polar surface area (TPSA) is 50.1 Å². The molecule has 0 spiro atoms. The Morgan fingerprint density at radius 1 is 1.67 bits per heavy atom. The molecular weight excluding hydrogens is 328 g/mol. The van der Waals surface area contributed by atoms with Gasteiger partial charge in [-0.2, -0.15) is 5.26 Å². The minimum atomic E-state index is -0.435. The van der Waals surface area contributed by atoms with Crippen LogP contribution in [0.25, 0.3) is 0 Å². The third kappa shape index (κ3) is 2.83. The maximum absolute atomic E-state index is 11.5. The van der Waals surface area contributed by atoms with Crippen LogP contribution < -0.4 is 0 Å². The van der Waals surface area contributed by atoms with Crippen LogP contribution in [0, 0.1) is 14.9 Å². The van der Waals surface area contributed by atoms with Gasteiger partial charge in [-0.15, -0.1) is 0 Å². The van der Waals surface area contributed by atoms with Crippen LogP contribution in [0.1, 0.15) is 22.8 Å². The molecule has 5 heteroatoms. The van der Waals surface area contributed by atoms with Gasteiger partial charge in [-0.1, -0.05) is 11.6 Å². The van der Waals surface area contributed by atoms with E-state index in [1.807, 2.05) is 28.7 Å². The van der Waals surface area contributed by atoms with E-state index in [0.29, 0.717) is 20.8 Å². The van der Waals surface area contributed by atoms with Crippen LogP contribution in [0.5, 0.6) is 0 Å². The van der Waals surface area contributed by atoms with E-state index in [2.05, 4.69) is 0 Å². The predicted molar refractivity (Wildman–Crippen MR) is 64.8 cm³/mol. The maximum atomic E-state index is 11.5. The van der Waals surface area contributed by atoms with Crippen molar-refractivity contribution in [3.8, 4) is 6.07 Å². The Bertz CT molecular complexity index is 440. The van der Waals surface area contributed by atoms with Crippen molar-refractivity contribution in [1.29, 1.82) is 5.26 Å². The highest BCUT2D eigenvalue weighted by Gasteiger charge is 2.14. The van der Waals surface area contributed by atoms with Gasteiger partial charge in [-0.3, -0.25) is 0 Å². The van der Waals surface area contributed by atoms with E-state index in [1.165, 1.54) is 6.07 Å². The summed E-state index contributed by atoms with van der Waals surface area (Å²) in [6.45, 7) is 2.03. The van der Waals surface area contributed by atoms with Crippen molar-refractivity contribution in [3.05, 3.63) is 31.9 Å². The molecule has 0 unspecified atom stereocenters. The highest BCUT2D eigenvalue weighted by Crippen LogP contribution is 2.23. The van der Waals surface area contributed by atoms with E-state index in [1.54, 1.807) is 13.0 Å². The lowest BCUT2D eigenvalue weighted by molar-refractivity contribution is 0.0525. The molecule has 0 aliphatic rings. The molecule has 1 rings (SSSR count). The van der Waals surface area contributed by atoms with Gasteiger partial charge in [0, 0.05) is 3.57 Å². The number of carbonyl (C=O) groups excluding carboxylic acids is 1. The number of benzene rings is 1. The molecule has 0 aliphatic heterocycles. The number of nitrogens with zero attached hydrogens (tertiary/aromatic N) is 1. The molecule has 0 fully saturated rings. The third-order valence-corrected chi connectivity index (χ3v) is 2.88. The Hall–Kier alpha value is -0.800. The van der Waals surface area contributed by atoms with E-state index in [9.17, 15) is 4.79 Å². The standard InChI is InChI=1S/C10H7ClINO2/c1-2-15-10(14)7-3-6(5-13)8(11)4-9(7)12/h3-4H,2H2,1H3. The Kier molecular flexibility index (Phi) is 4.36. The number of rotatable bonds is 2. The number of ether oxygens (including phenoxy) is 1. The Morgan fingerprint density at radius 3 is 2.87 bits per heavy atom. The first-order chi connectivity index (χ1) is 7.10. The first-order valence-electron chi connectivity index (χ1n) is 4.16. The average molecular weight is 336 g/mol. The van der Waals surface area contributed by atoms with Crippen molar-refractivity contribution in [2.75, 3.05) is 6.61 Å². The second-order valence-corrected chi connectivity index (χ2v) is 4.21. The first kappa shape index (κ1) is 12.3. The molecule has 0 saturated heterocycles. The van der Waals surface area contributed by atoms with Crippen molar-refractivity contribution in [2.24, 2.45) is 0 Å². The van der Waals surface area contributed by atoms with Crippen LogP contribution in [0.15, 0.2) is 12.1 Å².